The Morgan fingerprint density at radius 1 is 0.966 bits per heavy atom. The molecule has 5 N–H and O–H groups in total. The Balaban J connectivity index is 1.58. The quantitative estimate of drug-likeness (QED) is 0.523. The molecule has 29 heavy (non-hydrogen) atoms. The molecule has 168 valence electrons. The van der Waals surface area contributed by atoms with E-state index < -0.39 is 0 Å². The molecule has 0 radical (unpaired) electrons. The summed E-state index contributed by atoms with van der Waals surface area (Å²) in [5, 5.41) is 33.1. The molecule has 0 heterocycles. The molecular formula is C25H45NO3. The van der Waals surface area contributed by atoms with Crippen molar-refractivity contribution in [2.45, 2.75) is 103 Å². The first-order valence-electron chi connectivity index (χ1n) is 12.5. The molecule has 4 aliphatic carbocycles. The van der Waals surface area contributed by atoms with Gasteiger partial charge in [-0.1, -0.05) is 33.6 Å². The van der Waals surface area contributed by atoms with E-state index in [9.17, 15) is 15.3 Å². The van der Waals surface area contributed by atoms with Crippen molar-refractivity contribution in [3.05, 3.63) is 0 Å². The Kier molecular flexibility index (Phi) is 6.14. The molecule has 4 heteroatoms. The molecule has 0 bridgehead atoms. The number of unbranched alkanes of at least 4 members (excludes halogenated alkanes) is 1. The van der Waals surface area contributed by atoms with Gasteiger partial charge >= 0.3 is 0 Å². The molecule has 0 aromatic heterocycles. The van der Waals surface area contributed by atoms with Gasteiger partial charge in [-0.15, -0.1) is 0 Å². The summed E-state index contributed by atoms with van der Waals surface area (Å²) in [6, 6.07) is 0. The molecule has 4 fully saturated rings. The zero-order chi connectivity index (χ0) is 21.0. The normalized spacial score (nSPS) is 53.1. The standard InChI is InChI=1S/C25H45NO3/c1-15(6-4-5-11-26)18-7-8-19-23-20(14-22(29)25(18,19)3)24(2)10-9-17(27)12-16(24)13-21(23)28/h15-23,27-29H,4-14,26H2,1-3H3/t15-,16+,17-,18-,19+,20+,21-,22+,23+,24+,25-/m1/s1. The van der Waals surface area contributed by atoms with Crippen LogP contribution in [0.15, 0.2) is 0 Å². The fourth-order valence-electron chi connectivity index (χ4n) is 8.94. The zero-order valence-electron chi connectivity index (χ0n) is 18.9. The highest BCUT2D eigenvalue weighted by molar-refractivity contribution is 5.14. The van der Waals surface area contributed by atoms with Crippen LogP contribution in [0.3, 0.4) is 0 Å². The van der Waals surface area contributed by atoms with E-state index in [1.807, 2.05) is 0 Å². The molecule has 0 saturated heterocycles. The van der Waals surface area contributed by atoms with Gasteiger partial charge in [-0.05, 0) is 104 Å². The van der Waals surface area contributed by atoms with Gasteiger partial charge in [0.2, 0.25) is 0 Å². The molecule has 4 rings (SSSR count). The van der Waals surface area contributed by atoms with E-state index in [1.54, 1.807) is 0 Å². The third kappa shape index (κ3) is 3.41. The van der Waals surface area contributed by atoms with Crippen molar-refractivity contribution in [3.8, 4) is 0 Å². The minimum Gasteiger partial charge on any atom is -0.393 e. The second-order valence-electron chi connectivity index (χ2n) is 11.8. The van der Waals surface area contributed by atoms with Gasteiger partial charge in [-0.25, -0.2) is 0 Å². The number of nitrogens with two attached hydrogens (primary N) is 1. The number of rotatable bonds is 5. The predicted molar refractivity (Wildman–Crippen MR) is 116 cm³/mol. The van der Waals surface area contributed by atoms with Crippen LogP contribution in [-0.2, 0) is 0 Å². The summed E-state index contributed by atoms with van der Waals surface area (Å²) in [4.78, 5) is 0. The monoisotopic (exact) mass is 407 g/mol. The van der Waals surface area contributed by atoms with E-state index in [2.05, 4.69) is 20.8 Å². The highest BCUT2D eigenvalue weighted by Crippen LogP contribution is 2.68. The average molecular weight is 408 g/mol. The van der Waals surface area contributed by atoms with E-state index in [0.29, 0.717) is 35.5 Å². The lowest BCUT2D eigenvalue weighted by molar-refractivity contribution is -0.207. The second kappa shape index (κ2) is 8.07. The Labute approximate surface area is 177 Å². The minimum atomic E-state index is -0.272. The van der Waals surface area contributed by atoms with Crippen molar-refractivity contribution < 1.29 is 15.3 Å². The maximum atomic E-state index is 11.6. The van der Waals surface area contributed by atoms with Gasteiger partial charge in [0.05, 0.1) is 18.3 Å². The molecular weight excluding hydrogens is 362 g/mol. The Bertz CT molecular complexity index is 584. The van der Waals surface area contributed by atoms with E-state index in [4.69, 9.17) is 5.73 Å². The SMILES string of the molecule is C[C@H](CCCCN)[C@H]1CC[C@H]2[C@@H]3[C@H](O)C[C@@H]4C[C@H](O)CC[C@]4(C)[C@H]3C[C@H](O)[C@]12C. The summed E-state index contributed by atoms with van der Waals surface area (Å²) in [7, 11) is 0. The van der Waals surface area contributed by atoms with Crippen LogP contribution in [0.4, 0.5) is 0 Å². The number of aliphatic hydroxyl groups excluding tert-OH is 3. The van der Waals surface area contributed by atoms with Crippen LogP contribution in [0, 0.1) is 46.3 Å². The minimum absolute atomic E-state index is 0.0678. The van der Waals surface area contributed by atoms with E-state index in [-0.39, 0.29) is 29.1 Å². The van der Waals surface area contributed by atoms with Crippen molar-refractivity contribution in [2.24, 2.45) is 52.1 Å². The summed E-state index contributed by atoms with van der Waals surface area (Å²) in [5.74, 6) is 2.69. The molecule has 0 unspecified atom stereocenters. The lowest BCUT2D eigenvalue weighted by Gasteiger charge is -2.63. The van der Waals surface area contributed by atoms with Crippen molar-refractivity contribution in [1.82, 2.24) is 0 Å². The summed E-state index contributed by atoms with van der Waals surface area (Å²) >= 11 is 0. The van der Waals surface area contributed by atoms with Crippen molar-refractivity contribution in [1.29, 1.82) is 0 Å². The van der Waals surface area contributed by atoms with Crippen molar-refractivity contribution in [3.63, 3.8) is 0 Å². The summed E-state index contributed by atoms with van der Waals surface area (Å²) in [6.45, 7) is 7.90. The van der Waals surface area contributed by atoms with Gasteiger partial charge in [0.25, 0.3) is 0 Å². The second-order valence-corrected chi connectivity index (χ2v) is 11.8. The fourth-order valence-corrected chi connectivity index (χ4v) is 8.94. The van der Waals surface area contributed by atoms with Gasteiger partial charge in [0.1, 0.15) is 0 Å². The van der Waals surface area contributed by atoms with Crippen LogP contribution in [0.5, 0.6) is 0 Å². The van der Waals surface area contributed by atoms with Gasteiger partial charge in [0, 0.05) is 0 Å². The highest BCUT2D eigenvalue weighted by atomic mass is 16.3. The molecule has 4 saturated carbocycles. The largest absolute Gasteiger partial charge is 0.393 e. The molecule has 0 aromatic carbocycles. The molecule has 0 spiro atoms. The molecule has 4 aliphatic rings. The highest BCUT2D eigenvalue weighted by Gasteiger charge is 2.65. The first kappa shape index (κ1) is 22.0. The maximum Gasteiger partial charge on any atom is 0.0602 e. The van der Waals surface area contributed by atoms with Crippen LogP contribution >= 0.6 is 0 Å². The van der Waals surface area contributed by atoms with Crippen LogP contribution in [0.2, 0.25) is 0 Å². The van der Waals surface area contributed by atoms with Crippen LogP contribution in [0.25, 0.3) is 0 Å². The van der Waals surface area contributed by atoms with E-state index in [1.165, 1.54) is 19.3 Å². The van der Waals surface area contributed by atoms with Crippen molar-refractivity contribution >= 4 is 0 Å². The topological polar surface area (TPSA) is 86.7 Å². The van der Waals surface area contributed by atoms with Crippen LogP contribution in [0.1, 0.15) is 85.0 Å². The third-order valence-electron chi connectivity index (χ3n) is 10.6. The number of hydrogen-bond acceptors (Lipinski definition) is 4. The van der Waals surface area contributed by atoms with Crippen LogP contribution in [-0.4, -0.2) is 40.2 Å². The number of hydrogen-bond donors (Lipinski definition) is 4. The Hall–Kier alpha value is -0.160. The maximum absolute atomic E-state index is 11.6. The third-order valence-corrected chi connectivity index (χ3v) is 10.6. The molecule has 0 aliphatic heterocycles. The average Bonchev–Trinajstić information content (AvgIpc) is 3.03. The lowest BCUT2D eigenvalue weighted by Crippen LogP contribution is -2.62. The number of aliphatic hydroxyl groups is 3. The summed E-state index contributed by atoms with van der Waals surface area (Å²) in [5.41, 5.74) is 5.80. The Morgan fingerprint density at radius 2 is 1.72 bits per heavy atom. The smallest absolute Gasteiger partial charge is 0.0602 e. The van der Waals surface area contributed by atoms with Gasteiger partial charge in [-0.3, -0.25) is 0 Å². The Morgan fingerprint density at radius 3 is 2.45 bits per heavy atom. The lowest BCUT2D eigenvalue weighted by atomic mass is 9.43. The molecule has 11 atom stereocenters. The van der Waals surface area contributed by atoms with E-state index in [0.717, 1.165) is 51.5 Å². The predicted octanol–water partition coefficient (Wildman–Crippen LogP) is 3.71. The summed E-state index contributed by atoms with van der Waals surface area (Å²) < 4.78 is 0. The van der Waals surface area contributed by atoms with Gasteiger partial charge in [-0.2, -0.15) is 0 Å². The van der Waals surface area contributed by atoms with Gasteiger partial charge in [0.15, 0.2) is 0 Å². The summed E-state index contributed by atoms with van der Waals surface area (Å²) in [6.07, 6.45) is 9.50. The molecule has 4 nitrogen and oxygen atoms in total. The first-order valence-corrected chi connectivity index (χ1v) is 12.5. The van der Waals surface area contributed by atoms with Crippen LogP contribution < -0.4 is 5.73 Å². The molecule has 0 amide bonds. The van der Waals surface area contributed by atoms with E-state index >= 15 is 0 Å². The first-order chi connectivity index (χ1) is 13.7. The number of fused-ring (bicyclic) bond motifs is 5. The molecule has 0 aromatic rings. The van der Waals surface area contributed by atoms with Gasteiger partial charge < -0.3 is 21.1 Å². The van der Waals surface area contributed by atoms with Crippen molar-refractivity contribution in [2.75, 3.05) is 6.54 Å². The fraction of sp³-hybridized carbons (Fsp3) is 1.00. The zero-order valence-corrected chi connectivity index (χ0v) is 18.9.